The van der Waals surface area contributed by atoms with Crippen LogP contribution in [-0.4, -0.2) is 105 Å². The molecule has 0 radical (unpaired) electrons. The van der Waals surface area contributed by atoms with Crippen molar-refractivity contribution < 1.29 is 39.6 Å². The van der Waals surface area contributed by atoms with Crippen molar-refractivity contribution in [2.24, 2.45) is 0 Å². The number of aromatic hydroxyl groups is 4. The number of carbonyl (C=O) groups is 4. The van der Waals surface area contributed by atoms with Gasteiger partial charge in [0.15, 0.2) is 11.8 Å². The van der Waals surface area contributed by atoms with Crippen LogP contribution < -0.4 is 26.6 Å². The smallest absolute Gasteiger partial charge is 0.221 e. The van der Waals surface area contributed by atoms with E-state index in [1.54, 1.807) is 19.6 Å². The Balaban J connectivity index is 1.57. The number of hydrogen-bond donors (Lipinski definition) is 9. The fourth-order valence-electron chi connectivity index (χ4n) is 4.02. The molecule has 2 rings (SSSR count). The van der Waals surface area contributed by atoms with Gasteiger partial charge in [-0.2, -0.15) is 0 Å². The molecule has 43 heavy (non-hydrogen) atoms. The maximum Gasteiger partial charge on any atom is 0.221 e. The predicted octanol–water partition coefficient (Wildman–Crippen LogP) is -0.131. The van der Waals surface area contributed by atoms with Crippen LogP contribution in [0.25, 0.3) is 0 Å². The minimum Gasteiger partial charge on any atom is -0.494 e. The third-order valence-electron chi connectivity index (χ3n) is 6.40. The molecule has 2 aromatic heterocycles. The van der Waals surface area contributed by atoms with E-state index in [-0.39, 0.29) is 112 Å². The Kier molecular flexibility index (Phi) is 14.9. The zero-order valence-electron chi connectivity index (χ0n) is 24.4. The number of thioether (sulfide) groups is 2. The zero-order chi connectivity index (χ0) is 31.9. The SMILES string of the molecule is CNC(CC(=O)NCCNC(=O)CCn1c(O)cc(SC)c1O)CC(=O)NCCNC(=O)CCn1c(O)cc(SC)c1O. The first-order valence-electron chi connectivity index (χ1n) is 13.6. The molecule has 0 aromatic carbocycles. The summed E-state index contributed by atoms with van der Waals surface area (Å²) in [5.74, 6) is -1.67. The van der Waals surface area contributed by atoms with Gasteiger partial charge in [-0.15, -0.1) is 23.5 Å². The second-order valence-corrected chi connectivity index (χ2v) is 11.1. The van der Waals surface area contributed by atoms with Gasteiger partial charge in [0, 0.05) is 83.1 Å². The van der Waals surface area contributed by atoms with Gasteiger partial charge in [-0.05, 0) is 19.6 Å². The summed E-state index contributed by atoms with van der Waals surface area (Å²) in [6.07, 6.45) is 3.65. The van der Waals surface area contributed by atoms with Crippen LogP contribution >= 0.6 is 23.5 Å². The molecule has 2 heterocycles. The molecule has 0 aliphatic carbocycles. The molecule has 0 unspecified atom stereocenters. The van der Waals surface area contributed by atoms with Crippen molar-refractivity contribution in [1.82, 2.24) is 35.7 Å². The van der Waals surface area contributed by atoms with Gasteiger partial charge >= 0.3 is 0 Å². The Morgan fingerprint density at radius 1 is 0.674 bits per heavy atom. The topological polar surface area (TPSA) is 219 Å². The van der Waals surface area contributed by atoms with Crippen molar-refractivity contribution in [2.45, 2.75) is 54.6 Å². The summed E-state index contributed by atoms with van der Waals surface area (Å²) in [5, 5.41) is 53.4. The Labute approximate surface area is 258 Å². The minimum absolute atomic E-state index is 0.0280. The third kappa shape index (κ3) is 11.5. The number of aromatic nitrogens is 2. The number of rotatable bonds is 19. The summed E-state index contributed by atoms with van der Waals surface area (Å²) in [5.41, 5.74) is 0. The zero-order valence-corrected chi connectivity index (χ0v) is 26.1. The lowest BCUT2D eigenvalue weighted by Crippen LogP contribution is -2.41. The molecular weight excluding hydrogens is 602 g/mol. The first-order chi connectivity index (χ1) is 20.5. The summed E-state index contributed by atoms with van der Waals surface area (Å²) in [7, 11) is 1.64. The summed E-state index contributed by atoms with van der Waals surface area (Å²) >= 11 is 2.55. The van der Waals surface area contributed by atoms with E-state index in [9.17, 15) is 39.6 Å². The highest BCUT2D eigenvalue weighted by atomic mass is 32.2. The van der Waals surface area contributed by atoms with E-state index in [1.165, 1.54) is 44.8 Å². The van der Waals surface area contributed by atoms with E-state index in [1.807, 2.05) is 0 Å². The van der Waals surface area contributed by atoms with Crippen molar-refractivity contribution in [3.63, 3.8) is 0 Å². The first kappa shape index (κ1) is 35.5. The summed E-state index contributed by atoms with van der Waals surface area (Å²) < 4.78 is 2.48. The lowest BCUT2D eigenvalue weighted by atomic mass is 10.1. The molecule has 0 saturated carbocycles. The first-order valence-corrected chi connectivity index (χ1v) is 16.0. The Hall–Kier alpha value is -3.70. The van der Waals surface area contributed by atoms with Crippen LogP contribution in [0.4, 0.5) is 0 Å². The van der Waals surface area contributed by atoms with Gasteiger partial charge in [0.05, 0.1) is 9.79 Å². The Morgan fingerprint density at radius 2 is 1.02 bits per heavy atom. The third-order valence-corrected chi connectivity index (χ3v) is 7.88. The average Bonchev–Trinajstić information content (AvgIpc) is 3.42. The molecule has 0 spiro atoms. The molecule has 2 aromatic rings. The van der Waals surface area contributed by atoms with Crippen LogP contribution in [-0.2, 0) is 32.3 Å². The van der Waals surface area contributed by atoms with Crippen molar-refractivity contribution in [3.8, 4) is 23.5 Å². The maximum absolute atomic E-state index is 12.3. The van der Waals surface area contributed by atoms with Crippen LogP contribution in [0.1, 0.15) is 25.7 Å². The van der Waals surface area contributed by atoms with E-state index in [2.05, 4.69) is 26.6 Å². The molecule has 4 amide bonds. The molecule has 9 N–H and O–H groups in total. The van der Waals surface area contributed by atoms with Gasteiger partial charge in [0.1, 0.15) is 0 Å². The average molecular weight is 644 g/mol. The molecular formula is C26H41N7O8S2. The predicted molar refractivity (Wildman–Crippen MR) is 162 cm³/mol. The Morgan fingerprint density at radius 3 is 1.33 bits per heavy atom. The van der Waals surface area contributed by atoms with Gasteiger partial charge < -0.3 is 47.0 Å². The van der Waals surface area contributed by atoms with E-state index < -0.39 is 6.04 Å². The highest BCUT2D eigenvalue weighted by molar-refractivity contribution is 7.99. The molecule has 0 aliphatic heterocycles. The number of nitrogens with one attached hydrogen (secondary N) is 5. The minimum atomic E-state index is -0.426. The van der Waals surface area contributed by atoms with Crippen LogP contribution in [0, 0.1) is 0 Å². The summed E-state index contributed by atoms with van der Waals surface area (Å²) in [4.78, 5) is 49.7. The van der Waals surface area contributed by atoms with Gasteiger partial charge in [-0.25, -0.2) is 0 Å². The van der Waals surface area contributed by atoms with Crippen molar-refractivity contribution in [2.75, 3.05) is 45.7 Å². The quantitative estimate of drug-likeness (QED) is 0.0725. The second kappa shape index (κ2) is 18.1. The van der Waals surface area contributed by atoms with Crippen molar-refractivity contribution in [3.05, 3.63) is 12.1 Å². The maximum atomic E-state index is 12.3. The molecule has 0 aliphatic rings. The van der Waals surface area contributed by atoms with Crippen LogP contribution in [0.5, 0.6) is 23.5 Å². The summed E-state index contributed by atoms with van der Waals surface area (Å²) in [6.45, 7) is 0.941. The number of nitrogens with zero attached hydrogens (tertiary/aromatic N) is 2. The molecule has 0 fully saturated rings. The Bertz CT molecular complexity index is 1160. The molecule has 0 saturated heterocycles. The second-order valence-electron chi connectivity index (χ2n) is 9.39. The number of carbonyl (C=O) groups excluding carboxylic acids is 4. The molecule has 17 heteroatoms. The van der Waals surface area contributed by atoms with Crippen molar-refractivity contribution >= 4 is 47.2 Å². The highest BCUT2D eigenvalue weighted by Crippen LogP contribution is 2.35. The molecule has 0 atom stereocenters. The van der Waals surface area contributed by atoms with Crippen LogP contribution in [0.3, 0.4) is 0 Å². The van der Waals surface area contributed by atoms with Crippen LogP contribution in [0.2, 0.25) is 0 Å². The summed E-state index contributed by atoms with van der Waals surface area (Å²) in [6, 6.07) is 2.42. The molecule has 15 nitrogen and oxygen atoms in total. The highest BCUT2D eigenvalue weighted by Gasteiger charge is 2.17. The molecule has 0 bridgehead atoms. The monoisotopic (exact) mass is 643 g/mol. The lowest BCUT2D eigenvalue weighted by molar-refractivity contribution is -0.124. The normalized spacial score (nSPS) is 11.0. The van der Waals surface area contributed by atoms with Gasteiger partial charge in [0.2, 0.25) is 35.4 Å². The lowest BCUT2D eigenvalue weighted by Gasteiger charge is -2.16. The van der Waals surface area contributed by atoms with Gasteiger partial charge in [0.25, 0.3) is 0 Å². The fourth-order valence-corrected chi connectivity index (χ4v) is 5.06. The van der Waals surface area contributed by atoms with Crippen LogP contribution in [0.15, 0.2) is 21.9 Å². The number of amides is 4. The van der Waals surface area contributed by atoms with Crippen molar-refractivity contribution in [1.29, 1.82) is 0 Å². The van der Waals surface area contributed by atoms with Gasteiger partial charge in [-0.1, -0.05) is 0 Å². The van der Waals surface area contributed by atoms with E-state index in [0.717, 1.165) is 0 Å². The number of hydrogen-bond acceptors (Lipinski definition) is 11. The fraction of sp³-hybridized carbons (Fsp3) is 0.538. The van der Waals surface area contributed by atoms with E-state index >= 15 is 0 Å². The molecule has 240 valence electrons. The van der Waals surface area contributed by atoms with Gasteiger partial charge in [-0.3, -0.25) is 28.3 Å². The largest absolute Gasteiger partial charge is 0.494 e. The van der Waals surface area contributed by atoms with E-state index in [4.69, 9.17) is 0 Å². The van der Waals surface area contributed by atoms with E-state index in [0.29, 0.717) is 9.79 Å². The standard InChI is InChI=1S/C26H41N7O8S2/c1-27-16(12-21(36)30-8-6-28-19(34)4-10-32-23(38)14-17(42-2)25(32)40)13-22(37)31-9-7-29-20(35)5-11-33-24(39)15-18(43-3)26(33)41/h14-16,27,38-41H,4-13H2,1-3H3,(H,28,34)(H,29,35)(H,30,36)(H,31,37).